The Kier molecular flexibility index (Phi) is 3.30. The minimum Gasteiger partial charge on any atom is -0.455 e. The van der Waals surface area contributed by atoms with Crippen LogP contribution in [0.1, 0.15) is 66.9 Å². The van der Waals surface area contributed by atoms with Gasteiger partial charge in [-0.2, -0.15) is 0 Å². The van der Waals surface area contributed by atoms with Crippen molar-refractivity contribution >= 4 is 21.9 Å². The highest BCUT2D eigenvalue weighted by atomic mass is 16.3. The molecule has 2 aromatic carbocycles. The molecule has 0 saturated carbocycles. The number of rotatable bonds is 1. The van der Waals surface area contributed by atoms with Crippen molar-refractivity contribution in [3.05, 3.63) is 59.0 Å². The Morgan fingerprint density at radius 3 is 2.53 bits per heavy atom. The third-order valence-electron chi connectivity index (χ3n) is 7.08. The van der Waals surface area contributed by atoms with E-state index < -0.39 is 6.85 Å². The van der Waals surface area contributed by atoms with Gasteiger partial charge in [0.2, 0.25) is 0 Å². The lowest BCUT2D eigenvalue weighted by molar-refractivity contribution is -0.663. The van der Waals surface area contributed by atoms with E-state index in [2.05, 4.69) is 38.7 Å². The fourth-order valence-corrected chi connectivity index (χ4v) is 5.33. The van der Waals surface area contributed by atoms with Gasteiger partial charge in [-0.1, -0.05) is 44.8 Å². The molecule has 1 aliphatic carbocycles. The summed E-state index contributed by atoms with van der Waals surface area (Å²) in [5.41, 5.74) is 6.96. The molecule has 0 atom stereocenters. The van der Waals surface area contributed by atoms with Crippen LogP contribution in [0.2, 0.25) is 0 Å². The summed E-state index contributed by atoms with van der Waals surface area (Å²) in [5, 5.41) is 1.69. The maximum absolute atomic E-state index is 8.38. The molecular formula is C27H31N2O+. The zero-order chi connectivity index (χ0) is 23.9. The molecule has 1 aliphatic rings. The molecule has 2 aromatic heterocycles. The quantitative estimate of drug-likeness (QED) is 0.343. The number of hydrogen-bond donors (Lipinski definition) is 0. The fraction of sp³-hybridized carbons (Fsp3) is 0.407. The van der Waals surface area contributed by atoms with E-state index in [4.69, 9.17) is 8.53 Å². The second-order valence-corrected chi connectivity index (χ2v) is 10.1. The van der Waals surface area contributed by atoms with Gasteiger partial charge in [0.15, 0.2) is 0 Å². The monoisotopic (exact) mass is 402 g/mol. The third-order valence-corrected chi connectivity index (χ3v) is 7.08. The van der Waals surface area contributed by atoms with Crippen molar-refractivity contribution < 1.29 is 13.1 Å². The van der Waals surface area contributed by atoms with E-state index in [9.17, 15) is 0 Å². The SMILES string of the molecule is [2H]C([2H])([2H])c1cc(C)c(-c2ccnc[n+]2C)c2oc3ccc4c(c3c12)C(C)(C)CCC4(C)C. The predicted octanol–water partition coefficient (Wildman–Crippen LogP) is 6.44. The summed E-state index contributed by atoms with van der Waals surface area (Å²) in [6, 6.07) is 8.01. The largest absolute Gasteiger partial charge is 0.455 e. The van der Waals surface area contributed by atoms with Crippen molar-refractivity contribution in [1.29, 1.82) is 0 Å². The van der Waals surface area contributed by atoms with Crippen molar-refractivity contribution in [2.45, 2.75) is 65.1 Å². The Hall–Kier alpha value is -2.68. The number of fused-ring (bicyclic) bond motifs is 5. The summed E-state index contributed by atoms with van der Waals surface area (Å²) in [5.74, 6) is 0. The first-order chi connectivity index (χ1) is 15.3. The number of furan rings is 1. The molecule has 0 unspecified atom stereocenters. The number of aromatic nitrogens is 2. The summed E-state index contributed by atoms with van der Waals surface area (Å²) in [7, 11) is 1.95. The first kappa shape index (κ1) is 16.1. The fourth-order valence-electron chi connectivity index (χ4n) is 5.33. The van der Waals surface area contributed by atoms with Gasteiger partial charge in [-0.3, -0.25) is 0 Å². The Morgan fingerprint density at radius 2 is 1.80 bits per heavy atom. The van der Waals surface area contributed by atoms with E-state index in [0.717, 1.165) is 46.0 Å². The second-order valence-electron chi connectivity index (χ2n) is 10.1. The number of hydrogen-bond acceptors (Lipinski definition) is 2. The van der Waals surface area contributed by atoms with Crippen LogP contribution in [0.15, 0.2) is 41.2 Å². The zero-order valence-electron chi connectivity index (χ0n) is 21.7. The summed E-state index contributed by atoms with van der Waals surface area (Å²) in [6.45, 7) is 8.81. The van der Waals surface area contributed by atoms with Crippen molar-refractivity contribution in [3.8, 4) is 11.3 Å². The normalized spacial score (nSPS) is 19.3. The minimum atomic E-state index is -2.25. The maximum atomic E-state index is 8.38. The van der Waals surface area contributed by atoms with Gasteiger partial charge >= 0.3 is 0 Å². The van der Waals surface area contributed by atoms with E-state index in [0.29, 0.717) is 11.1 Å². The van der Waals surface area contributed by atoms with Crippen LogP contribution in [0, 0.1) is 13.8 Å². The zero-order valence-corrected chi connectivity index (χ0v) is 18.7. The van der Waals surface area contributed by atoms with E-state index in [1.54, 1.807) is 12.5 Å². The van der Waals surface area contributed by atoms with Gasteiger partial charge in [0.05, 0.1) is 12.6 Å². The molecule has 0 N–H and O–H groups in total. The summed E-state index contributed by atoms with van der Waals surface area (Å²) in [6.07, 6.45) is 5.65. The molecule has 3 nitrogen and oxygen atoms in total. The summed E-state index contributed by atoms with van der Waals surface area (Å²) in [4.78, 5) is 4.21. The van der Waals surface area contributed by atoms with Crippen LogP contribution in [0.5, 0.6) is 0 Å². The summed E-state index contributed by atoms with van der Waals surface area (Å²) < 4.78 is 33.6. The smallest absolute Gasteiger partial charge is 0.286 e. The predicted molar refractivity (Wildman–Crippen MR) is 123 cm³/mol. The molecule has 0 spiro atoms. The van der Waals surface area contributed by atoms with E-state index in [-0.39, 0.29) is 10.8 Å². The van der Waals surface area contributed by atoms with Crippen molar-refractivity contribution in [1.82, 2.24) is 4.98 Å². The second kappa shape index (κ2) is 6.16. The molecular weight excluding hydrogens is 368 g/mol. The standard InChI is InChI=1S/C27H31N2O/c1-16-14-17(2)22-23-20(30-25(22)21(16)19-10-13-28-15-29(19)7)9-8-18-24(23)27(5,6)12-11-26(18,3)4/h8-10,13-15H,11-12H2,1-7H3/q+1/i2D3. The van der Waals surface area contributed by atoms with Gasteiger partial charge in [0.25, 0.3) is 6.33 Å². The molecule has 0 amide bonds. The van der Waals surface area contributed by atoms with Crippen LogP contribution in [0.25, 0.3) is 33.2 Å². The lowest BCUT2D eigenvalue weighted by Crippen LogP contribution is -2.33. The lowest BCUT2D eigenvalue weighted by Gasteiger charge is -2.42. The molecule has 0 bridgehead atoms. The molecule has 0 fully saturated rings. The highest BCUT2D eigenvalue weighted by Crippen LogP contribution is 2.51. The maximum Gasteiger partial charge on any atom is 0.286 e. The lowest BCUT2D eigenvalue weighted by atomic mass is 9.62. The molecule has 154 valence electrons. The Bertz CT molecular complexity index is 1430. The average Bonchev–Trinajstić information content (AvgIpc) is 3.09. The van der Waals surface area contributed by atoms with Crippen LogP contribution >= 0.6 is 0 Å². The van der Waals surface area contributed by atoms with Crippen molar-refractivity contribution in [2.24, 2.45) is 7.05 Å². The Morgan fingerprint density at radius 1 is 1.03 bits per heavy atom. The van der Waals surface area contributed by atoms with Crippen LogP contribution in [-0.2, 0) is 17.9 Å². The highest BCUT2D eigenvalue weighted by molar-refractivity contribution is 6.13. The third kappa shape index (κ3) is 2.57. The van der Waals surface area contributed by atoms with Crippen molar-refractivity contribution in [3.63, 3.8) is 0 Å². The van der Waals surface area contributed by atoms with Gasteiger partial charge < -0.3 is 4.42 Å². The minimum absolute atomic E-state index is 0.0217. The van der Waals surface area contributed by atoms with Gasteiger partial charge in [-0.25, -0.2) is 4.57 Å². The molecule has 4 aromatic rings. The van der Waals surface area contributed by atoms with Gasteiger partial charge in [0, 0.05) is 21.0 Å². The average molecular weight is 403 g/mol. The molecule has 0 aliphatic heterocycles. The first-order valence-corrected chi connectivity index (χ1v) is 10.7. The topological polar surface area (TPSA) is 29.9 Å². The van der Waals surface area contributed by atoms with Crippen LogP contribution in [0.3, 0.4) is 0 Å². The van der Waals surface area contributed by atoms with Gasteiger partial charge in [0.1, 0.15) is 23.1 Å². The molecule has 0 saturated heterocycles. The molecule has 2 heterocycles. The Balaban J connectivity index is 2.05. The molecule has 3 heteroatoms. The molecule has 5 rings (SSSR count). The number of aryl methyl sites for hydroxylation is 3. The number of nitrogens with zero attached hydrogens (tertiary/aromatic N) is 2. The Labute approximate surface area is 183 Å². The van der Waals surface area contributed by atoms with E-state index in [1.807, 2.05) is 36.7 Å². The van der Waals surface area contributed by atoms with E-state index >= 15 is 0 Å². The van der Waals surface area contributed by atoms with Gasteiger partial charge in [-0.15, -0.1) is 0 Å². The number of benzene rings is 2. The van der Waals surface area contributed by atoms with Gasteiger partial charge in [-0.05, 0) is 65.8 Å². The van der Waals surface area contributed by atoms with Crippen LogP contribution in [0.4, 0.5) is 0 Å². The van der Waals surface area contributed by atoms with Crippen LogP contribution in [-0.4, -0.2) is 4.98 Å². The molecule has 0 radical (unpaired) electrons. The highest BCUT2D eigenvalue weighted by Gasteiger charge is 2.39. The van der Waals surface area contributed by atoms with Crippen molar-refractivity contribution in [2.75, 3.05) is 0 Å². The van der Waals surface area contributed by atoms with Crippen LogP contribution < -0.4 is 4.57 Å². The molecule has 30 heavy (non-hydrogen) atoms. The summed E-state index contributed by atoms with van der Waals surface area (Å²) >= 11 is 0. The first-order valence-electron chi connectivity index (χ1n) is 12.2. The van der Waals surface area contributed by atoms with E-state index in [1.165, 1.54) is 11.1 Å².